The summed E-state index contributed by atoms with van der Waals surface area (Å²) < 4.78 is 0. The highest BCUT2D eigenvalue weighted by atomic mass is 16.1. The minimum absolute atomic E-state index is 0.233. The molecular formula is C21H28N6O. The molecule has 4 rings (SSSR count). The second-order valence-corrected chi connectivity index (χ2v) is 7.38. The Kier molecular flexibility index (Phi) is 5.71. The van der Waals surface area contributed by atoms with Gasteiger partial charge in [-0.3, -0.25) is 4.79 Å². The summed E-state index contributed by atoms with van der Waals surface area (Å²) in [5.41, 5.74) is 2.32. The lowest BCUT2D eigenvalue weighted by atomic mass is 10.2. The number of nitrogens with one attached hydrogen (secondary N) is 1. The van der Waals surface area contributed by atoms with Gasteiger partial charge in [0.2, 0.25) is 0 Å². The molecule has 0 atom stereocenters. The van der Waals surface area contributed by atoms with E-state index in [0.29, 0.717) is 5.69 Å². The van der Waals surface area contributed by atoms with Gasteiger partial charge in [-0.25, -0.2) is 9.97 Å². The van der Waals surface area contributed by atoms with Gasteiger partial charge in [-0.1, -0.05) is 6.92 Å². The van der Waals surface area contributed by atoms with Crippen LogP contribution in [0.15, 0.2) is 36.7 Å². The molecule has 0 spiro atoms. The summed E-state index contributed by atoms with van der Waals surface area (Å²) in [5, 5.41) is 2.91. The molecule has 2 aliphatic heterocycles. The van der Waals surface area contributed by atoms with Crippen molar-refractivity contribution in [3.05, 3.63) is 42.4 Å². The predicted octanol–water partition coefficient (Wildman–Crippen LogP) is 2.47. The standard InChI is InChI=1S/C21H28N6O/c1-2-25-11-13-27(14-12-25)20-16-22-19(15-23-20)21(28)24-17-5-7-18(8-6-17)26-9-3-4-10-26/h5-8,15-16H,2-4,9-14H2,1H3,(H,24,28). The Hall–Kier alpha value is -2.67. The molecule has 1 aromatic heterocycles. The highest BCUT2D eigenvalue weighted by Crippen LogP contribution is 2.22. The molecule has 1 N–H and O–H groups in total. The van der Waals surface area contributed by atoms with Gasteiger partial charge in [-0.2, -0.15) is 0 Å². The number of benzene rings is 1. The first-order valence-corrected chi connectivity index (χ1v) is 10.2. The van der Waals surface area contributed by atoms with Crippen LogP contribution >= 0.6 is 0 Å². The van der Waals surface area contributed by atoms with Crippen molar-refractivity contribution in [1.82, 2.24) is 14.9 Å². The summed E-state index contributed by atoms with van der Waals surface area (Å²) in [6.07, 6.45) is 5.77. The second kappa shape index (κ2) is 8.56. The van der Waals surface area contributed by atoms with Gasteiger partial charge >= 0.3 is 0 Å². The topological polar surface area (TPSA) is 64.6 Å². The monoisotopic (exact) mass is 380 g/mol. The van der Waals surface area contributed by atoms with E-state index in [4.69, 9.17) is 0 Å². The summed E-state index contributed by atoms with van der Waals surface area (Å²) >= 11 is 0. The van der Waals surface area contributed by atoms with Crippen molar-refractivity contribution in [2.75, 3.05) is 60.9 Å². The first-order valence-electron chi connectivity index (χ1n) is 10.2. The fraction of sp³-hybridized carbons (Fsp3) is 0.476. The predicted molar refractivity (Wildman–Crippen MR) is 112 cm³/mol. The van der Waals surface area contributed by atoms with Crippen LogP contribution in [0.5, 0.6) is 0 Å². The van der Waals surface area contributed by atoms with Crippen molar-refractivity contribution >= 4 is 23.1 Å². The zero-order chi connectivity index (χ0) is 19.3. The molecule has 0 radical (unpaired) electrons. The van der Waals surface area contributed by atoms with E-state index in [2.05, 4.69) is 49.0 Å². The van der Waals surface area contributed by atoms with Crippen LogP contribution in [0.25, 0.3) is 0 Å². The number of hydrogen-bond acceptors (Lipinski definition) is 6. The highest BCUT2D eigenvalue weighted by molar-refractivity contribution is 6.02. The quantitative estimate of drug-likeness (QED) is 0.860. The number of amides is 1. The maximum atomic E-state index is 12.5. The molecular weight excluding hydrogens is 352 g/mol. The van der Waals surface area contributed by atoms with Crippen molar-refractivity contribution < 1.29 is 4.79 Å². The van der Waals surface area contributed by atoms with E-state index in [9.17, 15) is 4.79 Å². The van der Waals surface area contributed by atoms with Gasteiger partial charge in [0, 0.05) is 50.6 Å². The average Bonchev–Trinajstić information content (AvgIpc) is 3.29. The molecule has 0 bridgehead atoms. The lowest BCUT2D eigenvalue weighted by Crippen LogP contribution is -2.46. The van der Waals surface area contributed by atoms with Crippen LogP contribution in [0, 0.1) is 0 Å². The molecule has 7 nitrogen and oxygen atoms in total. The Balaban J connectivity index is 1.34. The third kappa shape index (κ3) is 4.25. The van der Waals surface area contributed by atoms with Gasteiger partial charge in [0.15, 0.2) is 0 Å². The van der Waals surface area contributed by atoms with Crippen molar-refractivity contribution in [3.63, 3.8) is 0 Å². The van der Waals surface area contributed by atoms with Crippen molar-refractivity contribution in [1.29, 1.82) is 0 Å². The molecule has 3 heterocycles. The lowest BCUT2D eigenvalue weighted by Gasteiger charge is -2.34. The molecule has 2 fully saturated rings. The van der Waals surface area contributed by atoms with Crippen LogP contribution in [0.3, 0.4) is 0 Å². The Labute approximate surface area is 166 Å². The minimum Gasteiger partial charge on any atom is -0.372 e. The zero-order valence-electron chi connectivity index (χ0n) is 16.5. The fourth-order valence-corrected chi connectivity index (χ4v) is 3.82. The number of anilines is 3. The molecule has 7 heteroatoms. The van der Waals surface area contributed by atoms with Crippen molar-refractivity contribution in [2.45, 2.75) is 19.8 Å². The fourth-order valence-electron chi connectivity index (χ4n) is 3.82. The highest BCUT2D eigenvalue weighted by Gasteiger charge is 2.18. The van der Waals surface area contributed by atoms with Gasteiger partial charge in [-0.05, 0) is 43.7 Å². The third-order valence-electron chi connectivity index (χ3n) is 5.61. The van der Waals surface area contributed by atoms with E-state index in [1.807, 2.05) is 12.1 Å². The minimum atomic E-state index is -0.233. The van der Waals surface area contributed by atoms with E-state index in [1.54, 1.807) is 12.4 Å². The molecule has 1 aromatic carbocycles. The third-order valence-corrected chi connectivity index (χ3v) is 5.61. The van der Waals surface area contributed by atoms with Crippen LogP contribution < -0.4 is 15.1 Å². The number of carbonyl (C=O) groups is 1. The molecule has 2 aromatic rings. The Morgan fingerprint density at radius 3 is 2.25 bits per heavy atom. The molecule has 28 heavy (non-hydrogen) atoms. The normalized spacial score (nSPS) is 17.8. The molecule has 2 saturated heterocycles. The first kappa shape index (κ1) is 18.7. The molecule has 148 valence electrons. The van der Waals surface area contributed by atoms with E-state index < -0.39 is 0 Å². The molecule has 0 saturated carbocycles. The second-order valence-electron chi connectivity index (χ2n) is 7.38. The Morgan fingerprint density at radius 1 is 0.929 bits per heavy atom. The van der Waals surface area contributed by atoms with Crippen molar-refractivity contribution in [3.8, 4) is 0 Å². The van der Waals surface area contributed by atoms with Gasteiger partial charge < -0.3 is 20.0 Å². The summed E-state index contributed by atoms with van der Waals surface area (Å²) in [6.45, 7) is 9.44. The summed E-state index contributed by atoms with van der Waals surface area (Å²) in [4.78, 5) is 28.3. The molecule has 1 amide bonds. The zero-order valence-corrected chi connectivity index (χ0v) is 16.5. The van der Waals surface area contributed by atoms with Crippen LogP contribution in [0.4, 0.5) is 17.2 Å². The van der Waals surface area contributed by atoms with Gasteiger partial charge in [-0.15, -0.1) is 0 Å². The van der Waals surface area contributed by atoms with Crippen molar-refractivity contribution in [2.24, 2.45) is 0 Å². The largest absolute Gasteiger partial charge is 0.372 e. The number of carbonyl (C=O) groups excluding carboxylic acids is 1. The van der Waals surface area contributed by atoms with Gasteiger partial charge in [0.25, 0.3) is 5.91 Å². The number of likely N-dealkylation sites (N-methyl/N-ethyl adjacent to an activating group) is 1. The average molecular weight is 380 g/mol. The number of piperazine rings is 1. The summed E-state index contributed by atoms with van der Waals surface area (Å²) in [5.74, 6) is 0.603. The van der Waals surface area contributed by atoms with Crippen LogP contribution in [-0.2, 0) is 0 Å². The van der Waals surface area contributed by atoms with Crippen LogP contribution in [0.1, 0.15) is 30.3 Å². The van der Waals surface area contributed by atoms with E-state index in [1.165, 1.54) is 18.5 Å². The number of nitrogens with zero attached hydrogens (tertiary/aromatic N) is 5. The number of hydrogen-bond donors (Lipinski definition) is 1. The van der Waals surface area contributed by atoms with E-state index >= 15 is 0 Å². The Morgan fingerprint density at radius 2 is 1.64 bits per heavy atom. The molecule has 0 aliphatic carbocycles. The van der Waals surface area contributed by atoms with Gasteiger partial charge in [0.1, 0.15) is 11.5 Å². The first-order chi connectivity index (χ1) is 13.7. The van der Waals surface area contributed by atoms with E-state index in [-0.39, 0.29) is 5.91 Å². The maximum absolute atomic E-state index is 12.5. The lowest BCUT2D eigenvalue weighted by molar-refractivity contribution is 0.102. The molecule has 2 aliphatic rings. The number of aromatic nitrogens is 2. The summed E-state index contributed by atoms with van der Waals surface area (Å²) in [6, 6.07) is 8.01. The summed E-state index contributed by atoms with van der Waals surface area (Å²) in [7, 11) is 0. The maximum Gasteiger partial charge on any atom is 0.275 e. The van der Waals surface area contributed by atoms with Gasteiger partial charge in [0.05, 0.1) is 12.4 Å². The van der Waals surface area contributed by atoms with Crippen LogP contribution in [-0.4, -0.2) is 66.6 Å². The number of rotatable bonds is 5. The SMILES string of the molecule is CCN1CCN(c2cnc(C(=O)Nc3ccc(N4CCCC4)cc3)cn2)CC1. The molecule has 0 unspecified atom stereocenters. The van der Waals surface area contributed by atoms with Crippen LogP contribution in [0.2, 0.25) is 0 Å². The Bertz CT molecular complexity index is 778. The van der Waals surface area contributed by atoms with E-state index in [0.717, 1.165) is 57.3 Å². The smallest absolute Gasteiger partial charge is 0.275 e.